The third kappa shape index (κ3) is 4.23. The minimum absolute atomic E-state index is 0.135. The number of benzene rings is 7. The maximum Gasteiger partial charge on any atom is 0.164 e. The van der Waals surface area contributed by atoms with Crippen molar-refractivity contribution in [2.75, 3.05) is 0 Å². The lowest BCUT2D eigenvalue weighted by Gasteiger charge is -2.49. The monoisotopic (exact) mass is 657 g/mol. The van der Waals surface area contributed by atoms with E-state index in [1.807, 2.05) is 48.5 Å². The molecular formula is C47H35N3O. The van der Waals surface area contributed by atoms with Crippen molar-refractivity contribution >= 4 is 43.5 Å². The number of hydrogen-bond donors (Lipinski definition) is 0. The van der Waals surface area contributed by atoms with Crippen LogP contribution in [0.25, 0.3) is 88.8 Å². The molecule has 0 saturated carbocycles. The van der Waals surface area contributed by atoms with E-state index in [4.69, 9.17) is 19.4 Å². The van der Waals surface area contributed by atoms with Gasteiger partial charge in [0.25, 0.3) is 0 Å². The van der Waals surface area contributed by atoms with E-state index in [1.54, 1.807) is 0 Å². The van der Waals surface area contributed by atoms with Gasteiger partial charge in [0.2, 0.25) is 0 Å². The number of fused-ring (bicyclic) bond motifs is 10. The lowest BCUT2D eigenvalue weighted by Crippen LogP contribution is -2.43. The molecule has 9 aromatic rings. The highest BCUT2D eigenvalue weighted by atomic mass is 16.3. The molecule has 0 saturated heterocycles. The molecule has 1 aliphatic rings. The highest BCUT2D eigenvalue weighted by Gasteiger charge is 2.46. The summed E-state index contributed by atoms with van der Waals surface area (Å²) in [4.78, 5) is 15.8. The first kappa shape index (κ1) is 29.8. The molecule has 0 atom stereocenters. The van der Waals surface area contributed by atoms with Crippen molar-refractivity contribution in [3.63, 3.8) is 0 Å². The van der Waals surface area contributed by atoms with Gasteiger partial charge in [-0.1, -0.05) is 149 Å². The highest BCUT2D eigenvalue weighted by molar-refractivity contribution is 6.19. The second-order valence-electron chi connectivity index (χ2n) is 14.8. The number of para-hydroxylation sites is 1. The van der Waals surface area contributed by atoms with Crippen LogP contribution in [0.15, 0.2) is 144 Å². The number of nitrogens with zero attached hydrogens (tertiary/aromatic N) is 3. The van der Waals surface area contributed by atoms with Gasteiger partial charge in [-0.2, -0.15) is 0 Å². The van der Waals surface area contributed by atoms with Crippen LogP contribution in [0, 0.1) is 0 Å². The first-order valence-corrected chi connectivity index (χ1v) is 17.6. The molecule has 0 spiro atoms. The predicted molar refractivity (Wildman–Crippen MR) is 210 cm³/mol. The van der Waals surface area contributed by atoms with Crippen molar-refractivity contribution in [1.29, 1.82) is 0 Å². The number of rotatable bonds is 3. The van der Waals surface area contributed by atoms with Crippen LogP contribution in [0.1, 0.15) is 38.8 Å². The largest absolute Gasteiger partial charge is 0.456 e. The Balaban J connectivity index is 1.35. The normalized spacial score (nSPS) is 14.6. The van der Waals surface area contributed by atoms with Gasteiger partial charge in [0.15, 0.2) is 17.5 Å². The summed E-state index contributed by atoms with van der Waals surface area (Å²) in [6, 6.07) is 49.1. The number of hydrogen-bond acceptors (Lipinski definition) is 4. The smallest absolute Gasteiger partial charge is 0.164 e. The molecule has 2 aromatic heterocycles. The maximum absolute atomic E-state index is 6.31. The molecule has 4 nitrogen and oxygen atoms in total. The number of furan rings is 1. The molecule has 0 bridgehead atoms. The van der Waals surface area contributed by atoms with Gasteiger partial charge in [-0.15, -0.1) is 0 Å². The van der Waals surface area contributed by atoms with Crippen LogP contribution in [-0.4, -0.2) is 15.0 Å². The van der Waals surface area contributed by atoms with Crippen molar-refractivity contribution < 1.29 is 4.42 Å². The SMILES string of the molecule is CC1(C)c2ccccc2-c2c(cc(-c3nc(-c4ccccc4)nc(-c4cccc5oc6ccccc6c45)n3)c3ccc4ccccc4c23)C1(C)C. The average molecular weight is 658 g/mol. The molecule has 0 radical (unpaired) electrons. The summed E-state index contributed by atoms with van der Waals surface area (Å²) in [6.07, 6.45) is 0. The summed E-state index contributed by atoms with van der Waals surface area (Å²) in [5.74, 6) is 1.91. The average Bonchev–Trinajstić information content (AvgIpc) is 3.56. The summed E-state index contributed by atoms with van der Waals surface area (Å²) in [7, 11) is 0. The molecule has 0 fully saturated rings. The first-order valence-electron chi connectivity index (χ1n) is 17.6. The van der Waals surface area contributed by atoms with Crippen LogP contribution in [-0.2, 0) is 10.8 Å². The lowest BCUT2D eigenvalue weighted by atomic mass is 9.54. The molecule has 0 amide bonds. The number of aromatic nitrogens is 3. The van der Waals surface area contributed by atoms with Crippen molar-refractivity contribution in [3.8, 4) is 45.3 Å². The Kier molecular flexibility index (Phi) is 6.23. The third-order valence-corrected chi connectivity index (χ3v) is 11.7. The summed E-state index contributed by atoms with van der Waals surface area (Å²) < 4.78 is 6.31. The Morgan fingerprint density at radius 3 is 1.90 bits per heavy atom. The molecule has 0 unspecified atom stereocenters. The summed E-state index contributed by atoms with van der Waals surface area (Å²) in [6.45, 7) is 9.54. The van der Waals surface area contributed by atoms with Gasteiger partial charge in [-0.3, -0.25) is 0 Å². The fourth-order valence-corrected chi connectivity index (χ4v) is 8.37. The third-order valence-electron chi connectivity index (χ3n) is 11.7. The standard InChI is InChI=1S/C47H35N3O/c1-46(2)36-22-12-10-19-32(36)42-37(47(46,3)4)27-35(31-26-25-28-15-8-9-18-30(28)41(31)42)45-49-43(29-16-6-5-7-17-29)48-44(50-45)34-21-14-24-39-40(34)33-20-11-13-23-38(33)51-39/h5-27H,1-4H3. The molecule has 244 valence electrons. The zero-order valence-electron chi connectivity index (χ0n) is 29.0. The second kappa shape index (κ2) is 10.7. The van der Waals surface area contributed by atoms with E-state index in [0.717, 1.165) is 44.0 Å². The van der Waals surface area contributed by atoms with Crippen molar-refractivity contribution in [2.24, 2.45) is 0 Å². The molecule has 4 heteroatoms. The first-order chi connectivity index (χ1) is 24.8. The Hall–Kier alpha value is -6.13. The van der Waals surface area contributed by atoms with E-state index in [1.165, 1.54) is 38.4 Å². The molecule has 7 aromatic carbocycles. The van der Waals surface area contributed by atoms with Crippen molar-refractivity contribution in [2.45, 2.75) is 38.5 Å². The van der Waals surface area contributed by atoms with Gasteiger partial charge in [0, 0.05) is 27.5 Å². The molecular weight excluding hydrogens is 623 g/mol. The van der Waals surface area contributed by atoms with Crippen LogP contribution < -0.4 is 0 Å². The van der Waals surface area contributed by atoms with E-state index in [9.17, 15) is 0 Å². The molecule has 2 heterocycles. The van der Waals surface area contributed by atoms with Gasteiger partial charge >= 0.3 is 0 Å². The Labute approximate surface area is 296 Å². The fourth-order valence-electron chi connectivity index (χ4n) is 8.37. The molecule has 51 heavy (non-hydrogen) atoms. The van der Waals surface area contributed by atoms with Crippen LogP contribution in [0.3, 0.4) is 0 Å². The van der Waals surface area contributed by atoms with Gasteiger partial charge in [0.1, 0.15) is 11.2 Å². The summed E-state index contributed by atoms with van der Waals surface area (Å²) in [5.41, 5.74) is 9.44. The van der Waals surface area contributed by atoms with Crippen LogP contribution in [0.4, 0.5) is 0 Å². The van der Waals surface area contributed by atoms with Gasteiger partial charge in [-0.05, 0) is 72.8 Å². The van der Waals surface area contributed by atoms with E-state index >= 15 is 0 Å². The lowest BCUT2D eigenvalue weighted by molar-refractivity contribution is 0.299. The van der Waals surface area contributed by atoms with E-state index in [0.29, 0.717) is 17.5 Å². The van der Waals surface area contributed by atoms with Crippen molar-refractivity contribution in [3.05, 3.63) is 151 Å². The Morgan fingerprint density at radius 2 is 1.06 bits per heavy atom. The minimum atomic E-state index is -0.212. The van der Waals surface area contributed by atoms with Gasteiger partial charge in [0.05, 0.1) is 0 Å². The molecule has 0 N–H and O–H groups in total. The maximum atomic E-state index is 6.31. The van der Waals surface area contributed by atoms with E-state index in [-0.39, 0.29) is 10.8 Å². The highest BCUT2D eigenvalue weighted by Crippen LogP contribution is 2.57. The van der Waals surface area contributed by atoms with Crippen LogP contribution >= 0.6 is 0 Å². The summed E-state index contributed by atoms with van der Waals surface area (Å²) in [5, 5.41) is 6.85. The minimum Gasteiger partial charge on any atom is -0.456 e. The Morgan fingerprint density at radius 1 is 0.431 bits per heavy atom. The predicted octanol–water partition coefficient (Wildman–Crippen LogP) is 12.3. The molecule has 10 rings (SSSR count). The summed E-state index contributed by atoms with van der Waals surface area (Å²) >= 11 is 0. The van der Waals surface area contributed by atoms with E-state index < -0.39 is 0 Å². The molecule has 1 aliphatic carbocycles. The topological polar surface area (TPSA) is 51.8 Å². The zero-order chi connectivity index (χ0) is 34.5. The van der Waals surface area contributed by atoms with Crippen molar-refractivity contribution in [1.82, 2.24) is 15.0 Å². The quantitative estimate of drug-likeness (QED) is 0.177. The zero-order valence-corrected chi connectivity index (χ0v) is 29.0. The van der Waals surface area contributed by atoms with Crippen LogP contribution in [0.2, 0.25) is 0 Å². The molecule has 0 aliphatic heterocycles. The van der Waals surface area contributed by atoms with E-state index in [2.05, 4.69) is 119 Å². The second-order valence-corrected chi connectivity index (χ2v) is 14.8. The van der Waals surface area contributed by atoms with Gasteiger partial charge < -0.3 is 4.42 Å². The van der Waals surface area contributed by atoms with Crippen LogP contribution in [0.5, 0.6) is 0 Å². The van der Waals surface area contributed by atoms with Gasteiger partial charge in [-0.25, -0.2) is 15.0 Å². The fraction of sp³-hybridized carbons (Fsp3) is 0.128. The Bertz CT molecular complexity index is 2860.